The van der Waals surface area contributed by atoms with Gasteiger partial charge in [0.15, 0.2) is 0 Å². The molecule has 1 saturated heterocycles. The summed E-state index contributed by atoms with van der Waals surface area (Å²) in [6.07, 6.45) is 1.46. The zero-order chi connectivity index (χ0) is 33.7. The summed E-state index contributed by atoms with van der Waals surface area (Å²) in [7, 11) is 0. The van der Waals surface area contributed by atoms with Crippen molar-refractivity contribution >= 4 is 22.8 Å². The van der Waals surface area contributed by atoms with Gasteiger partial charge in [-0.2, -0.15) is 0 Å². The number of carbonyl (C=O) groups excluding carboxylic acids is 2. The third-order valence-electron chi connectivity index (χ3n) is 9.45. The normalized spacial score (nSPS) is 19.9. The maximum absolute atomic E-state index is 13.8. The minimum absolute atomic E-state index is 0.0753. The first kappa shape index (κ1) is 33.8. The Balaban J connectivity index is 1.14. The first-order valence-electron chi connectivity index (χ1n) is 16.8. The molecule has 2 aliphatic rings. The predicted octanol–water partition coefficient (Wildman–Crippen LogP) is 5.10. The quantitative estimate of drug-likeness (QED) is 0.185. The maximum Gasteiger partial charge on any atom is 0.262 e. The van der Waals surface area contributed by atoms with Crippen molar-refractivity contribution in [3.63, 3.8) is 0 Å². The molecule has 2 amide bonds. The third kappa shape index (κ3) is 8.66. The van der Waals surface area contributed by atoms with Gasteiger partial charge in [-0.25, -0.2) is 8.78 Å². The highest BCUT2D eigenvalue weighted by atomic mass is 19.3. The number of para-hydroxylation sites is 1. The van der Waals surface area contributed by atoms with Gasteiger partial charge in [-0.15, -0.1) is 0 Å². The van der Waals surface area contributed by atoms with E-state index in [1.165, 1.54) is 5.56 Å². The third-order valence-corrected chi connectivity index (χ3v) is 9.45. The average Bonchev–Trinajstić information content (AvgIpc) is 3.67. The van der Waals surface area contributed by atoms with Gasteiger partial charge in [0.1, 0.15) is 17.4 Å². The van der Waals surface area contributed by atoms with E-state index in [0.29, 0.717) is 26.1 Å². The Morgan fingerprint density at radius 3 is 2.56 bits per heavy atom. The van der Waals surface area contributed by atoms with Crippen molar-refractivity contribution in [1.82, 2.24) is 20.4 Å². The van der Waals surface area contributed by atoms with E-state index in [0.717, 1.165) is 47.6 Å². The largest absolute Gasteiger partial charge is 0.460 e. The summed E-state index contributed by atoms with van der Waals surface area (Å²) in [5.41, 5.74) is 4.15. The summed E-state index contributed by atoms with van der Waals surface area (Å²) in [6, 6.07) is 26.7. The number of furan rings is 1. The predicted molar refractivity (Wildman–Crippen MR) is 180 cm³/mol. The Hall–Kier alpha value is -4.12. The second-order valence-corrected chi connectivity index (χ2v) is 13.4. The van der Waals surface area contributed by atoms with Crippen LogP contribution in [0.4, 0.5) is 8.78 Å². The molecule has 3 N–H and O–H groups in total. The van der Waals surface area contributed by atoms with Crippen LogP contribution in [0.25, 0.3) is 11.0 Å². The van der Waals surface area contributed by atoms with E-state index in [1.54, 1.807) is 0 Å². The summed E-state index contributed by atoms with van der Waals surface area (Å²) in [5, 5.41) is 18.1. The summed E-state index contributed by atoms with van der Waals surface area (Å²) < 4.78 is 33.4. The molecule has 1 aliphatic heterocycles. The number of halogens is 2. The number of amides is 2. The van der Waals surface area contributed by atoms with Crippen LogP contribution in [0.1, 0.15) is 48.3 Å². The molecule has 1 aromatic heterocycles. The lowest BCUT2D eigenvalue weighted by molar-refractivity contribution is -0.132. The highest BCUT2D eigenvalue weighted by Gasteiger charge is 2.36. The van der Waals surface area contributed by atoms with Crippen LogP contribution in [0.15, 0.2) is 89.3 Å². The van der Waals surface area contributed by atoms with Crippen molar-refractivity contribution in [2.45, 2.75) is 63.3 Å². The first-order chi connectivity index (χ1) is 23.1. The molecule has 0 radical (unpaired) electrons. The highest BCUT2D eigenvalue weighted by molar-refractivity contribution is 5.82. The summed E-state index contributed by atoms with van der Waals surface area (Å²) in [4.78, 5) is 31.1. The van der Waals surface area contributed by atoms with Gasteiger partial charge in [0.2, 0.25) is 11.8 Å². The van der Waals surface area contributed by atoms with Crippen LogP contribution in [0.5, 0.6) is 0 Å². The van der Waals surface area contributed by atoms with Crippen LogP contribution in [0.2, 0.25) is 0 Å². The van der Waals surface area contributed by atoms with Crippen LogP contribution in [0.3, 0.4) is 0 Å². The molecule has 4 aromatic rings. The fourth-order valence-electron chi connectivity index (χ4n) is 7.04. The van der Waals surface area contributed by atoms with E-state index in [-0.39, 0.29) is 31.5 Å². The van der Waals surface area contributed by atoms with E-state index in [1.807, 2.05) is 77.7 Å². The number of rotatable bonds is 13. The molecule has 48 heavy (non-hydrogen) atoms. The minimum atomic E-state index is -3.06. The van der Waals surface area contributed by atoms with E-state index in [4.69, 9.17) is 4.42 Å². The zero-order valence-corrected chi connectivity index (χ0v) is 27.3. The molecule has 1 fully saturated rings. The van der Waals surface area contributed by atoms with E-state index in [2.05, 4.69) is 27.7 Å². The second-order valence-electron chi connectivity index (χ2n) is 13.4. The van der Waals surface area contributed by atoms with Crippen molar-refractivity contribution < 1.29 is 27.9 Å². The monoisotopic (exact) mass is 658 g/mol. The lowest BCUT2D eigenvalue weighted by atomic mass is 9.91. The molecule has 254 valence electrons. The van der Waals surface area contributed by atoms with Gasteiger partial charge in [0, 0.05) is 44.4 Å². The molecule has 2 unspecified atom stereocenters. The average molecular weight is 659 g/mol. The van der Waals surface area contributed by atoms with Crippen LogP contribution in [-0.4, -0.2) is 77.5 Å². The molecular weight excluding hydrogens is 614 g/mol. The lowest BCUT2D eigenvalue weighted by Gasteiger charge is -2.41. The van der Waals surface area contributed by atoms with Crippen LogP contribution >= 0.6 is 0 Å². The van der Waals surface area contributed by atoms with E-state index >= 15 is 0 Å². The van der Waals surface area contributed by atoms with E-state index < -0.39 is 36.4 Å². The van der Waals surface area contributed by atoms with Gasteiger partial charge < -0.3 is 20.2 Å². The van der Waals surface area contributed by atoms with Gasteiger partial charge in [0.05, 0.1) is 25.2 Å². The first-order valence-corrected chi connectivity index (χ1v) is 16.8. The standard InChI is InChI=1S/C38H44F2N4O4/c1-38(39,40)25-41-37(47)34-24-43(23-31-21-28-12-6-8-14-35(28)48-31)17-18-44(34)22-30(45)20-29(19-26-9-3-2-4-10-26)36(46)42-33-16-15-27-11-5-7-13-32(27)33/h2-14,21,29-30,33-34,45H,15-20,22-25H2,1H3,(H,41,47)(H,42,46)/t29?,30?,33-,34+/m1/s1. The van der Waals surface area contributed by atoms with E-state index in [9.17, 15) is 23.5 Å². The Kier molecular flexibility index (Phi) is 10.5. The van der Waals surface area contributed by atoms with Gasteiger partial charge >= 0.3 is 0 Å². The molecule has 0 bridgehead atoms. The number of carbonyl (C=O) groups is 2. The summed E-state index contributed by atoms with van der Waals surface area (Å²) >= 11 is 0. The SMILES string of the molecule is CC(F)(F)CNC(=O)[C@@H]1CN(Cc2cc3ccccc3o2)CCN1CC(O)CC(Cc1ccccc1)C(=O)N[C@@H]1CCc2ccccc21. The molecule has 2 heterocycles. The van der Waals surface area contributed by atoms with Gasteiger partial charge in [0.25, 0.3) is 5.92 Å². The maximum atomic E-state index is 13.8. The Morgan fingerprint density at radius 1 is 1.02 bits per heavy atom. The zero-order valence-electron chi connectivity index (χ0n) is 27.3. The molecule has 1 aliphatic carbocycles. The molecule has 10 heteroatoms. The number of fused-ring (bicyclic) bond motifs is 2. The number of nitrogens with one attached hydrogen (secondary N) is 2. The van der Waals surface area contributed by atoms with Crippen molar-refractivity contribution in [3.05, 3.63) is 107 Å². The number of hydrogen-bond acceptors (Lipinski definition) is 6. The Bertz CT molecular complexity index is 1660. The molecule has 3 aromatic carbocycles. The lowest BCUT2D eigenvalue weighted by Crippen LogP contribution is -2.60. The fraction of sp³-hybridized carbons (Fsp3) is 0.421. The fourth-order valence-corrected chi connectivity index (χ4v) is 7.04. The number of alkyl halides is 2. The minimum Gasteiger partial charge on any atom is -0.460 e. The van der Waals surface area contributed by atoms with Crippen molar-refractivity contribution in [3.8, 4) is 0 Å². The molecule has 0 spiro atoms. The number of aliphatic hydroxyl groups is 1. The molecular formula is C38H44F2N4O4. The molecule has 8 nitrogen and oxygen atoms in total. The van der Waals surface area contributed by atoms with Crippen LogP contribution in [0, 0.1) is 5.92 Å². The number of aryl methyl sites for hydroxylation is 1. The summed E-state index contributed by atoms with van der Waals surface area (Å²) in [5.74, 6) is -3.44. The highest BCUT2D eigenvalue weighted by Crippen LogP contribution is 2.31. The number of hydrogen-bond donors (Lipinski definition) is 3. The van der Waals surface area contributed by atoms with Gasteiger partial charge in [-0.05, 0) is 54.5 Å². The topological polar surface area (TPSA) is 98.1 Å². The van der Waals surface area contributed by atoms with Crippen molar-refractivity contribution in [2.75, 3.05) is 32.7 Å². The van der Waals surface area contributed by atoms with Gasteiger partial charge in [-0.3, -0.25) is 19.4 Å². The van der Waals surface area contributed by atoms with Crippen molar-refractivity contribution in [2.24, 2.45) is 5.92 Å². The number of aliphatic hydroxyl groups excluding tert-OH is 1. The second kappa shape index (κ2) is 15.0. The number of nitrogens with zero attached hydrogens (tertiary/aromatic N) is 2. The molecule has 6 rings (SSSR count). The summed E-state index contributed by atoms with van der Waals surface area (Å²) in [6.45, 7) is 1.89. The number of benzene rings is 3. The number of piperazine rings is 1. The van der Waals surface area contributed by atoms with Crippen molar-refractivity contribution in [1.29, 1.82) is 0 Å². The Labute approximate surface area is 280 Å². The number of β-amino-alcohol motifs (C(OH)–C–C–N with tert-alkyl or cyclic N) is 1. The van der Waals surface area contributed by atoms with Crippen LogP contribution < -0.4 is 10.6 Å². The van der Waals surface area contributed by atoms with Gasteiger partial charge in [-0.1, -0.05) is 72.8 Å². The molecule has 4 atom stereocenters. The Morgan fingerprint density at radius 2 is 1.77 bits per heavy atom. The van der Waals surface area contributed by atoms with Crippen LogP contribution in [-0.2, 0) is 29.0 Å². The molecule has 0 saturated carbocycles. The smallest absolute Gasteiger partial charge is 0.262 e.